The molecule has 0 saturated carbocycles. The van der Waals surface area contributed by atoms with Crippen LogP contribution >= 0.6 is 7.60 Å². The van der Waals surface area contributed by atoms with Crippen molar-refractivity contribution in [2.75, 3.05) is 34.6 Å². The van der Waals surface area contributed by atoms with Gasteiger partial charge in [0.2, 0.25) is 0 Å². The van der Waals surface area contributed by atoms with E-state index in [4.69, 9.17) is 18.5 Å². The molecule has 114 valence electrons. The molecule has 0 amide bonds. The fourth-order valence-corrected chi connectivity index (χ4v) is 3.44. The van der Waals surface area contributed by atoms with Crippen molar-refractivity contribution in [1.29, 1.82) is 0 Å². The highest BCUT2D eigenvalue weighted by Gasteiger charge is 2.30. The summed E-state index contributed by atoms with van der Waals surface area (Å²) >= 11 is 0. The molecule has 0 spiro atoms. The minimum Gasteiger partial charge on any atom is -0.503 e. The molecule has 0 aromatic heterocycles. The van der Waals surface area contributed by atoms with E-state index in [9.17, 15) is 9.36 Å². The summed E-state index contributed by atoms with van der Waals surface area (Å²) in [6, 6.07) is 0. The molecule has 0 aromatic carbocycles. The lowest BCUT2D eigenvalue weighted by Gasteiger charge is -2.16. The summed E-state index contributed by atoms with van der Waals surface area (Å²) in [5, 5.41) is 0. The molecule has 7 heteroatoms. The number of hydrogen-bond donors (Lipinski definition) is 0. The van der Waals surface area contributed by atoms with E-state index in [0.29, 0.717) is 12.0 Å². The van der Waals surface area contributed by atoms with Gasteiger partial charge in [0.15, 0.2) is 0 Å². The van der Waals surface area contributed by atoms with Gasteiger partial charge in [-0.3, -0.25) is 4.57 Å². The van der Waals surface area contributed by atoms with Crippen molar-refractivity contribution in [3.05, 3.63) is 23.0 Å². The Morgan fingerprint density at radius 2 is 1.85 bits per heavy atom. The second-order valence-corrected chi connectivity index (χ2v) is 6.60. The third-order valence-electron chi connectivity index (χ3n) is 3.24. The van der Waals surface area contributed by atoms with Crippen LogP contribution in [0.5, 0.6) is 0 Å². The number of hydrogen-bond acceptors (Lipinski definition) is 6. The van der Waals surface area contributed by atoms with Crippen molar-refractivity contribution >= 4 is 13.6 Å². The van der Waals surface area contributed by atoms with Crippen LogP contribution in [0.3, 0.4) is 0 Å². The second-order valence-electron chi connectivity index (χ2n) is 4.33. The van der Waals surface area contributed by atoms with E-state index in [-0.39, 0.29) is 6.16 Å². The maximum Gasteiger partial charge on any atom is 0.341 e. The normalized spacial score (nSPS) is 16.5. The Labute approximate surface area is 119 Å². The number of allylic oxidation sites excluding steroid dienone is 1. The van der Waals surface area contributed by atoms with Crippen molar-refractivity contribution < 1.29 is 27.9 Å². The number of carbonyl (C=O) groups is 1. The van der Waals surface area contributed by atoms with Gasteiger partial charge in [0.1, 0.15) is 0 Å². The molecule has 1 aliphatic carbocycles. The largest absolute Gasteiger partial charge is 0.503 e. The van der Waals surface area contributed by atoms with Crippen LogP contribution in [0.25, 0.3) is 0 Å². The van der Waals surface area contributed by atoms with E-state index in [2.05, 4.69) is 0 Å². The third kappa shape index (κ3) is 3.95. The fraction of sp³-hybridized carbons (Fsp3) is 0.615. The Morgan fingerprint density at radius 3 is 2.35 bits per heavy atom. The minimum atomic E-state index is -3.14. The minimum absolute atomic E-state index is 0.174. The zero-order valence-corrected chi connectivity index (χ0v) is 13.2. The summed E-state index contributed by atoms with van der Waals surface area (Å²) in [4.78, 5) is 11.8. The lowest BCUT2D eigenvalue weighted by atomic mass is 10.0. The average Bonchev–Trinajstić information content (AvgIpc) is 2.91. The topological polar surface area (TPSA) is 71.1 Å². The molecule has 0 saturated heterocycles. The summed E-state index contributed by atoms with van der Waals surface area (Å²) in [5.74, 6) is -0.467. The fourth-order valence-electron chi connectivity index (χ4n) is 2.21. The van der Waals surface area contributed by atoms with Crippen molar-refractivity contribution in [1.82, 2.24) is 0 Å². The predicted molar refractivity (Wildman–Crippen MR) is 74.5 cm³/mol. The van der Waals surface area contributed by atoms with Gasteiger partial charge in [-0.15, -0.1) is 0 Å². The van der Waals surface area contributed by atoms with Crippen LogP contribution in [0.4, 0.5) is 0 Å². The average molecular weight is 304 g/mol. The molecule has 0 unspecified atom stereocenters. The molecular formula is C13H21O6P. The Kier molecular flexibility index (Phi) is 6.46. The monoisotopic (exact) mass is 304 g/mol. The van der Waals surface area contributed by atoms with Gasteiger partial charge in [-0.1, -0.05) is 5.57 Å². The van der Waals surface area contributed by atoms with Gasteiger partial charge >= 0.3 is 13.6 Å². The maximum atomic E-state index is 12.2. The van der Waals surface area contributed by atoms with Crippen LogP contribution in [-0.4, -0.2) is 40.6 Å². The number of carbonyl (C=O) groups excluding carboxylic acids is 1. The molecule has 0 heterocycles. The molecule has 0 fully saturated rings. The molecule has 0 atom stereocenters. The quantitative estimate of drug-likeness (QED) is 0.312. The molecular weight excluding hydrogens is 283 g/mol. The first-order valence-corrected chi connectivity index (χ1v) is 7.97. The van der Waals surface area contributed by atoms with E-state index in [1.165, 1.54) is 34.7 Å². The van der Waals surface area contributed by atoms with Crippen LogP contribution in [0.15, 0.2) is 23.0 Å². The standard InChI is InChI=1S/C13H21O6P/c1-16-8-12(13(14)17-2)11-7-5-6-10(11)9-20(15,18-3)19-4/h8H,5-7,9H2,1-4H3. The first-order valence-electron chi connectivity index (χ1n) is 6.24. The van der Waals surface area contributed by atoms with Crippen LogP contribution in [0, 0.1) is 0 Å². The zero-order valence-electron chi connectivity index (χ0n) is 12.3. The summed E-state index contributed by atoms with van der Waals surface area (Å²) in [7, 11) is 2.34. The SMILES string of the molecule is COC=C(C(=O)OC)C1=C(CP(=O)(OC)OC)CCC1. The van der Waals surface area contributed by atoms with Gasteiger partial charge in [0.05, 0.1) is 32.2 Å². The molecule has 0 radical (unpaired) electrons. The zero-order chi connectivity index (χ0) is 15.2. The van der Waals surface area contributed by atoms with Gasteiger partial charge in [-0.05, 0) is 24.8 Å². The first kappa shape index (κ1) is 17.0. The Hall–Kier alpha value is -1.10. The number of ether oxygens (including phenoxy) is 2. The molecule has 1 rings (SSSR count). The Balaban J connectivity index is 3.11. The first-order chi connectivity index (χ1) is 9.51. The molecule has 0 N–H and O–H groups in total. The van der Waals surface area contributed by atoms with Crippen LogP contribution in [-0.2, 0) is 27.9 Å². The van der Waals surface area contributed by atoms with E-state index in [1.807, 2.05) is 0 Å². The molecule has 20 heavy (non-hydrogen) atoms. The number of methoxy groups -OCH3 is 2. The maximum absolute atomic E-state index is 12.2. The molecule has 0 bridgehead atoms. The van der Waals surface area contributed by atoms with Crippen molar-refractivity contribution in [3.8, 4) is 0 Å². The smallest absolute Gasteiger partial charge is 0.341 e. The highest BCUT2D eigenvalue weighted by Crippen LogP contribution is 2.50. The highest BCUT2D eigenvalue weighted by atomic mass is 31.2. The van der Waals surface area contributed by atoms with Gasteiger partial charge < -0.3 is 18.5 Å². The lowest BCUT2D eigenvalue weighted by molar-refractivity contribution is -0.136. The summed E-state index contributed by atoms with van der Waals surface area (Å²) < 4.78 is 31.8. The lowest BCUT2D eigenvalue weighted by Crippen LogP contribution is -2.09. The van der Waals surface area contributed by atoms with Gasteiger partial charge in [0.25, 0.3) is 0 Å². The van der Waals surface area contributed by atoms with Crippen LogP contribution in [0.2, 0.25) is 0 Å². The molecule has 1 aliphatic rings. The molecule has 6 nitrogen and oxygen atoms in total. The summed E-state index contributed by atoms with van der Waals surface area (Å²) in [5.41, 5.74) is 2.07. The third-order valence-corrected chi connectivity index (χ3v) is 5.12. The van der Waals surface area contributed by atoms with Gasteiger partial charge in [-0.25, -0.2) is 4.79 Å². The van der Waals surface area contributed by atoms with Crippen molar-refractivity contribution in [2.45, 2.75) is 19.3 Å². The summed E-state index contributed by atoms with van der Waals surface area (Å²) in [6.45, 7) is 0. The second kappa shape index (κ2) is 7.62. The van der Waals surface area contributed by atoms with E-state index in [1.54, 1.807) is 0 Å². The van der Waals surface area contributed by atoms with Gasteiger partial charge in [0, 0.05) is 14.2 Å². The summed E-state index contributed by atoms with van der Waals surface area (Å²) in [6.07, 6.45) is 3.89. The van der Waals surface area contributed by atoms with E-state index >= 15 is 0 Å². The number of rotatable bonds is 7. The van der Waals surface area contributed by atoms with E-state index in [0.717, 1.165) is 24.0 Å². The van der Waals surface area contributed by atoms with Crippen LogP contribution in [0.1, 0.15) is 19.3 Å². The highest BCUT2D eigenvalue weighted by molar-refractivity contribution is 7.54. The predicted octanol–water partition coefficient (Wildman–Crippen LogP) is 2.66. The van der Waals surface area contributed by atoms with Crippen molar-refractivity contribution in [2.24, 2.45) is 0 Å². The number of esters is 1. The Morgan fingerprint density at radius 1 is 1.20 bits per heavy atom. The molecule has 0 aliphatic heterocycles. The van der Waals surface area contributed by atoms with E-state index < -0.39 is 13.6 Å². The van der Waals surface area contributed by atoms with Crippen LogP contribution < -0.4 is 0 Å². The Bertz CT molecular complexity index is 457. The molecule has 0 aromatic rings. The van der Waals surface area contributed by atoms with Crippen molar-refractivity contribution in [3.63, 3.8) is 0 Å². The van der Waals surface area contributed by atoms with Gasteiger partial charge in [-0.2, -0.15) is 0 Å².